The zero-order valence-corrected chi connectivity index (χ0v) is 20.1. The van der Waals surface area contributed by atoms with Crippen LogP contribution in [0, 0.1) is 17.7 Å². The van der Waals surface area contributed by atoms with Crippen LogP contribution in [0.25, 0.3) is 6.08 Å². The predicted molar refractivity (Wildman–Crippen MR) is 130 cm³/mol. The summed E-state index contributed by atoms with van der Waals surface area (Å²) in [4.78, 5) is 22.4. The summed E-state index contributed by atoms with van der Waals surface area (Å²) in [5.41, 5.74) is 3.31. The molecule has 2 heterocycles. The molecule has 0 unspecified atom stereocenters. The maximum atomic E-state index is 14.1. The fourth-order valence-corrected chi connectivity index (χ4v) is 7.27. The minimum atomic E-state index is -3.94. The first kappa shape index (κ1) is 22.8. The van der Waals surface area contributed by atoms with Gasteiger partial charge in [-0.3, -0.25) is 19.9 Å². The Morgan fingerprint density at radius 2 is 2.12 bits per heavy atom. The molecule has 0 saturated heterocycles. The summed E-state index contributed by atoms with van der Waals surface area (Å²) in [6.45, 7) is 1.93. The van der Waals surface area contributed by atoms with Gasteiger partial charge in [0.25, 0.3) is 10.0 Å². The molecule has 5 rings (SSSR count). The van der Waals surface area contributed by atoms with E-state index in [0.717, 1.165) is 41.5 Å². The van der Waals surface area contributed by atoms with E-state index >= 15 is 0 Å². The molecule has 0 amide bonds. The first-order chi connectivity index (χ1) is 16.3. The molecular weight excluding hydrogens is 452 g/mol. The number of ketones is 1. The molecule has 34 heavy (non-hydrogen) atoms. The molecule has 3 aliphatic carbocycles. The Kier molecular flexibility index (Phi) is 5.60. The van der Waals surface area contributed by atoms with Crippen molar-refractivity contribution in [3.63, 3.8) is 0 Å². The lowest BCUT2D eigenvalue weighted by atomic mass is 9.60. The van der Waals surface area contributed by atoms with Crippen LogP contribution in [0.2, 0.25) is 0 Å². The molecule has 0 aromatic carbocycles. The Morgan fingerprint density at radius 3 is 2.79 bits per heavy atom. The largest absolute Gasteiger partial charge is 0.306 e. The highest BCUT2D eigenvalue weighted by atomic mass is 32.2. The van der Waals surface area contributed by atoms with Crippen molar-refractivity contribution in [2.45, 2.75) is 57.5 Å². The highest BCUT2D eigenvalue weighted by Crippen LogP contribution is 2.51. The van der Waals surface area contributed by atoms with Crippen LogP contribution in [0.3, 0.4) is 0 Å². The number of hydrogen-bond donors (Lipinski definition) is 2. The van der Waals surface area contributed by atoms with E-state index in [1.165, 1.54) is 7.05 Å². The second-order valence-electron chi connectivity index (χ2n) is 9.45. The van der Waals surface area contributed by atoms with Crippen molar-refractivity contribution in [1.29, 1.82) is 5.41 Å². The van der Waals surface area contributed by atoms with E-state index < -0.39 is 15.4 Å². The number of aryl methyl sites for hydroxylation is 1. The number of Topliss-reactive ketones (excluding diaryl/α,β-unsaturated/α-hetero) is 1. The number of aromatic nitrogens is 3. The molecule has 2 atom stereocenters. The van der Waals surface area contributed by atoms with Crippen molar-refractivity contribution in [3.8, 4) is 0 Å². The molecule has 3 aliphatic rings. The Labute approximate surface area is 199 Å². The summed E-state index contributed by atoms with van der Waals surface area (Å²) in [7, 11) is -2.55. The van der Waals surface area contributed by atoms with E-state index in [2.05, 4.69) is 20.2 Å². The number of pyridine rings is 1. The van der Waals surface area contributed by atoms with Gasteiger partial charge in [0.1, 0.15) is 5.69 Å². The molecule has 0 spiro atoms. The maximum Gasteiger partial charge on any atom is 0.262 e. The lowest BCUT2D eigenvalue weighted by molar-refractivity contribution is 0.0734. The lowest BCUT2D eigenvalue weighted by Gasteiger charge is -2.46. The second-order valence-corrected chi connectivity index (χ2v) is 11.2. The number of aromatic amines is 1. The van der Waals surface area contributed by atoms with Crippen molar-refractivity contribution in [3.05, 3.63) is 52.6 Å². The highest BCUT2D eigenvalue weighted by molar-refractivity contribution is 8.06. The first-order valence-electron chi connectivity index (χ1n) is 11.5. The lowest BCUT2D eigenvalue weighted by Crippen LogP contribution is -2.52. The topological polar surface area (TPSA) is 132 Å². The number of sulfonamides is 1. The van der Waals surface area contributed by atoms with Gasteiger partial charge in [-0.2, -0.15) is 9.40 Å². The van der Waals surface area contributed by atoms with Crippen LogP contribution in [0.4, 0.5) is 0 Å². The molecule has 2 aromatic heterocycles. The molecule has 0 radical (unpaired) electrons. The number of H-pyrrole nitrogens is 1. The molecule has 178 valence electrons. The molecule has 0 bridgehead atoms. The van der Waals surface area contributed by atoms with Crippen molar-refractivity contribution in [1.82, 2.24) is 19.5 Å². The average Bonchev–Trinajstić information content (AvgIpc) is 3.53. The fourth-order valence-electron chi connectivity index (χ4n) is 5.50. The average molecular weight is 481 g/mol. The quantitative estimate of drug-likeness (QED) is 0.373. The Hall–Kier alpha value is -2.98. The Bertz CT molecular complexity index is 1320. The third-order valence-electron chi connectivity index (χ3n) is 7.24. The number of carbonyl (C=O) groups excluding carboxylic acids is 1. The fraction of sp³-hybridized carbons (Fsp3) is 0.458. The number of aliphatic imine (C=N–C) groups is 1. The number of carbonyl (C=O) groups is 1. The van der Waals surface area contributed by atoms with Crippen molar-refractivity contribution in [2.24, 2.45) is 10.4 Å². The summed E-state index contributed by atoms with van der Waals surface area (Å²) in [5, 5.41) is 14.5. The van der Waals surface area contributed by atoms with Gasteiger partial charge in [-0.25, -0.2) is 8.42 Å². The first-order valence-corrected chi connectivity index (χ1v) is 13.0. The van der Waals surface area contributed by atoms with Crippen molar-refractivity contribution < 1.29 is 13.2 Å². The van der Waals surface area contributed by atoms with Crippen LogP contribution >= 0.6 is 0 Å². The van der Waals surface area contributed by atoms with Crippen LogP contribution < -0.4 is 0 Å². The zero-order chi connectivity index (χ0) is 24.1. The molecule has 10 heteroatoms. The van der Waals surface area contributed by atoms with Gasteiger partial charge in [0.2, 0.25) is 0 Å². The number of fused-ring (bicyclic) bond motifs is 2. The summed E-state index contributed by atoms with van der Waals surface area (Å²) in [6, 6.07) is 3.17. The van der Waals surface area contributed by atoms with Gasteiger partial charge in [-0.05, 0) is 74.8 Å². The summed E-state index contributed by atoms with van der Waals surface area (Å²) < 4.78 is 28.5. The number of rotatable bonds is 6. The SMILES string of the molecule is CN=C(C=N)S(=O)(=O)N(C1CC1)[C@H]1CCC2=Cc3[nH]ncc3C[C@]2(C(=O)c2cc(C)ccn2)C1. The minimum absolute atomic E-state index is 0.0800. The number of hydrogen-bond acceptors (Lipinski definition) is 7. The van der Waals surface area contributed by atoms with E-state index in [4.69, 9.17) is 5.41 Å². The molecule has 9 nitrogen and oxygen atoms in total. The van der Waals surface area contributed by atoms with E-state index in [1.54, 1.807) is 22.8 Å². The van der Waals surface area contributed by atoms with Crippen molar-refractivity contribution in [2.75, 3.05) is 7.05 Å². The number of nitrogens with zero attached hydrogens (tertiary/aromatic N) is 4. The smallest absolute Gasteiger partial charge is 0.262 e. The summed E-state index contributed by atoms with van der Waals surface area (Å²) in [6.07, 6.45) is 9.78. The molecule has 2 aromatic rings. The number of allylic oxidation sites excluding steroid dienone is 1. The van der Waals surface area contributed by atoms with Gasteiger partial charge in [-0.1, -0.05) is 5.57 Å². The second kappa shape index (κ2) is 8.35. The van der Waals surface area contributed by atoms with Gasteiger partial charge in [0.15, 0.2) is 10.8 Å². The van der Waals surface area contributed by atoms with Gasteiger partial charge < -0.3 is 5.41 Å². The van der Waals surface area contributed by atoms with E-state index in [1.807, 2.05) is 19.1 Å². The van der Waals surface area contributed by atoms with Crippen LogP contribution in [-0.2, 0) is 16.4 Å². The van der Waals surface area contributed by atoms with Gasteiger partial charge in [0, 0.05) is 25.3 Å². The van der Waals surface area contributed by atoms with Gasteiger partial charge in [-0.15, -0.1) is 0 Å². The molecule has 2 N–H and O–H groups in total. The van der Waals surface area contributed by atoms with Gasteiger partial charge in [0.05, 0.1) is 23.5 Å². The molecule has 2 saturated carbocycles. The van der Waals surface area contributed by atoms with Crippen LogP contribution in [0.1, 0.15) is 59.4 Å². The summed E-state index contributed by atoms with van der Waals surface area (Å²) in [5.74, 6) is -0.0800. The zero-order valence-electron chi connectivity index (χ0n) is 19.3. The monoisotopic (exact) mass is 480 g/mol. The Morgan fingerprint density at radius 1 is 1.32 bits per heavy atom. The minimum Gasteiger partial charge on any atom is -0.306 e. The van der Waals surface area contributed by atoms with Crippen LogP contribution in [0.5, 0.6) is 0 Å². The molecular formula is C24H28N6O3S. The van der Waals surface area contributed by atoms with E-state index in [0.29, 0.717) is 31.4 Å². The predicted octanol–water partition coefficient (Wildman–Crippen LogP) is 2.95. The third kappa shape index (κ3) is 3.65. The van der Waals surface area contributed by atoms with Crippen LogP contribution in [-0.4, -0.2) is 64.1 Å². The van der Waals surface area contributed by atoms with Crippen LogP contribution in [0.15, 0.2) is 35.1 Å². The third-order valence-corrected chi connectivity index (χ3v) is 9.22. The maximum absolute atomic E-state index is 14.1. The normalized spacial score (nSPS) is 24.9. The number of nitrogens with one attached hydrogen (secondary N) is 2. The van der Waals surface area contributed by atoms with Crippen molar-refractivity contribution >= 4 is 33.1 Å². The standard InChI is InChI=1S/C24H28N6O3S/c1-15-7-8-27-21(9-15)23(31)24-11-16-14-28-29-20(16)10-17(24)3-4-19(12-24)30(18-5-6-18)34(32,33)22(13-25)26-2/h7-10,13-14,18-19,25H,3-6,11-12H2,1-2H3,(H,28,29)/t19-,24-/m0/s1. The van der Waals surface area contributed by atoms with E-state index in [9.17, 15) is 13.2 Å². The highest BCUT2D eigenvalue weighted by Gasteiger charge is 2.53. The summed E-state index contributed by atoms with van der Waals surface area (Å²) >= 11 is 0. The van der Waals surface area contributed by atoms with Gasteiger partial charge >= 0.3 is 0 Å². The van der Waals surface area contributed by atoms with E-state index in [-0.39, 0.29) is 22.9 Å². The molecule has 0 aliphatic heterocycles. The molecule has 2 fully saturated rings. The Balaban J connectivity index is 1.60.